The number of hydrogen-bond acceptors (Lipinski definition) is 8. The van der Waals surface area contributed by atoms with Crippen LogP contribution in [0.2, 0.25) is 0 Å². The van der Waals surface area contributed by atoms with Gasteiger partial charge in [0.15, 0.2) is 9.84 Å². The van der Waals surface area contributed by atoms with Crippen molar-refractivity contribution in [3.05, 3.63) is 66.5 Å². The lowest BCUT2D eigenvalue weighted by molar-refractivity contribution is -0.140. The van der Waals surface area contributed by atoms with E-state index in [0.29, 0.717) is 17.8 Å². The van der Waals surface area contributed by atoms with E-state index >= 15 is 0 Å². The Bertz CT molecular complexity index is 1300. The Labute approximate surface area is 243 Å². The Hall–Kier alpha value is -3.08. The average molecular weight is 583 g/mol. The van der Waals surface area contributed by atoms with Crippen LogP contribution in [0.3, 0.4) is 0 Å². The molecule has 9 nitrogen and oxygen atoms in total. The largest absolute Gasteiger partial charge is 0.391 e. The maximum atomic E-state index is 13.7. The van der Waals surface area contributed by atoms with E-state index in [9.17, 15) is 23.1 Å². The lowest BCUT2D eigenvalue weighted by atomic mass is 9.91. The zero-order valence-corrected chi connectivity index (χ0v) is 24.8. The van der Waals surface area contributed by atoms with Crippen molar-refractivity contribution >= 4 is 27.3 Å². The van der Waals surface area contributed by atoms with Gasteiger partial charge >= 0.3 is 0 Å². The number of nitrogens with zero attached hydrogens (tertiary/aromatic N) is 3. The number of fused-ring (bicyclic) bond motifs is 1. The molecule has 0 aliphatic carbocycles. The van der Waals surface area contributed by atoms with Crippen LogP contribution in [0.25, 0.3) is 0 Å². The molecule has 1 fully saturated rings. The van der Waals surface area contributed by atoms with Gasteiger partial charge in [-0.25, -0.2) is 13.4 Å². The quantitative estimate of drug-likeness (QED) is 0.179. The first-order valence-electron chi connectivity index (χ1n) is 14.7. The molecule has 222 valence electrons. The molecule has 1 aromatic heterocycles. The molecular weight excluding hydrogens is 540 g/mol. The lowest BCUT2D eigenvalue weighted by Crippen LogP contribution is -2.57. The van der Waals surface area contributed by atoms with Crippen molar-refractivity contribution in [2.75, 3.05) is 11.7 Å². The smallest absolute Gasteiger partial charge is 0.249 e. The molecule has 41 heavy (non-hydrogen) atoms. The molecule has 0 saturated carbocycles. The van der Waals surface area contributed by atoms with Gasteiger partial charge in [0.1, 0.15) is 6.04 Å². The highest BCUT2D eigenvalue weighted by Gasteiger charge is 2.53. The fraction of sp³-hybridized carbons (Fsp3) is 0.516. The van der Waals surface area contributed by atoms with E-state index in [4.69, 9.17) is 0 Å². The Balaban J connectivity index is 1.50. The third kappa shape index (κ3) is 7.81. The summed E-state index contributed by atoms with van der Waals surface area (Å²) in [7, 11) is -3.37. The van der Waals surface area contributed by atoms with Crippen molar-refractivity contribution in [3.8, 4) is 0 Å². The molecule has 4 rings (SSSR count). The number of hydrazine groups is 1. The van der Waals surface area contributed by atoms with E-state index < -0.39 is 33.9 Å². The number of nitrogens with one attached hydrogen (secondary N) is 1. The van der Waals surface area contributed by atoms with Gasteiger partial charge in [-0.05, 0) is 42.8 Å². The molecule has 4 unspecified atom stereocenters. The summed E-state index contributed by atoms with van der Waals surface area (Å²) in [6, 6.07) is 10.2. The van der Waals surface area contributed by atoms with Crippen LogP contribution in [-0.4, -0.2) is 64.7 Å². The van der Waals surface area contributed by atoms with Crippen LogP contribution in [0.1, 0.15) is 70.4 Å². The third-order valence-corrected chi connectivity index (χ3v) is 9.01. The van der Waals surface area contributed by atoms with Crippen molar-refractivity contribution in [1.82, 2.24) is 14.9 Å². The number of benzene rings is 1. The second-order valence-corrected chi connectivity index (χ2v) is 13.1. The predicted octanol–water partition coefficient (Wildman–Crippen LogP) is 4.50. The zero-order valence-electron chi connectivity index (χ0n) is 24.0. The number of rotatable bonds is 15. The Morgan fingerprint density at radius 2 is 1.61 bits per heavy atom. The van der Waals surface area contributed by atoms with Crippen molar-refractivity contribution in [1.29, 1.82) is 0 Å². The van der Waals surface area contributed by atoms with E-state index in [-0.39, 0.29) is 23.3 Å². The summed E-state index contributed by atoms with van der Waals surface area (Å²) in [6.07, 6.45) is 15.4. The number of sulfone groups is 1. The highest BCUT2D eigenvalue weighted by Crippen LogP contribution is 2.34. The molecule has 10 heteroatoms. The first-order valence-corrected chi connectivity index (χ1v) is 16.6. The van der Waals surface area contributed by atoms with Gasteiger partial charge in [-0.2, -0.15) is 0 Å². The minimum absolute atomic E-state index is 0.0712. The van der Waals surface area contributed by atoms with Crippen LogP contribution in [0.4, 0.5) is 5.69 Å². The molecule has 1 aromatic carbocycles. The molecule has 3 heterocycles. The summed E-state index contributed by atoms with van der Waals surface area (Å²) >= 11 is 0. The average Bonchev–Trinajstić information content (AvgIpc) is 3.20. The molecule has 0 spiro atoms. The first kappa shape index (κ1) is 30.9. The fourth-order valence-corrected chi connectivity index (χ4v) is 6.21. The summed E-state index contributed by atoms with van der Waals surface area (Å²) in [5.41, 5.74) is 4.40. The van der Waals surface area contributed by atoms with E-state index in [2.05, 4.69) is 17.3 Å². The van der Waals surface area contributed by atoms with Gasteiger partial charge in [0.25, 0.3) is 0 Å². The first-order chi connectivity index (χ1) is 19.7. The second-order valence-electron chi connectivity index (χ2n) is 11.1. The molecular formula is C31H42N4O5S. The molecule has 2 aromatic rings. The summed E-state index contributed by atoms with van der Waals surface area (Å²) in [6.45, 7) is 2.28. The van der Waals surface area contributed by atoms with Crippen LogP contribution in [-0.2, 0) is 26.0 Å². The van der Waals surface area contributed by atoms with E-state index in [0.717, 1.165) is 25.5 Å². The Kier molecular flexibility index (Phi) is 10.7. The molecule has 0 bridgehead atoms. The number of imide groups is 1. The Morgan fingerprint density at radius 3 is 2.24 bits per heavy atom. The number of aromatic nitrogens is 1. The van der Waals surface area contributed by atoms with Crippen LogP contribution in [0.15, 0.2) is 65.7 Å². The SMILES string of the molecule is CCCCCCCCCCC(O)C1C=CC2C(=O)N(Cc3ccccn3)C(=O)C2N1Nc1ccc(S(C)(=O)=O)cc1. The third-order valence-electron chi connectivity index (χ3n) is 7.88. The van der Waals surface area contributed by atoms with Gasteiger partial charge in [0, 0.05) is 18.1 Å². The molecule has 4 atom stereocenters. The van der Waals surface area contributed by atoms with Crippen LogP contribution < -0.4 is 5.43 Å². The van der Waals surface area contributed by atoms with Gasteiger partial charge in [0.05, 0.1) is 35.2 Å². The van der Waals surface area contributed by atoms with Crippen LogP contribution in [0, 0.1) is 5.92 Å². The number of pyridine rings is 1. The van der Waals surface area contributed by atoms with Crippen molar-refractivity contribution in [2.24, 2.45) is 5.92 Å². The van der Waals surface area contributed by atoms with Gasteiger partial charge in [-0.15, -0.1) is 0 Å². The standard InChI is InChI=1S/C31H42N4O5S/c1-3-4-5-6-7-8-9-10-14-28(36)27-20-19-26-29(31(38)34(30(26)37)22-24-13-11-12-21-32-24)35(27)33-23-15-17-25(18-16-23)41(2,39)40/h11-13,15-21,26-29,33,36H,3-10,14,22H2,1-2H3. The summed E-state index contributed by atoms with van der Waals surface area (Å²) in [5.74, 6) is -1.38. The number of aliphatic hydroxyl groups is 1. The van der Waals surface area contributed by atoms with Gasteiger partial charge in [0.2, 0.25) is 11.8 Å². The predicted molar refractivity (Wildman–Crippen MR) is 158 cm³/mol. The van der Waals surface area contributed by atoms with Crippen molar-refractivity contribution in [3.63, 3.8) is 0 Å². The monoisotopic (exact) mass is 582 g/mol. The van der Waals surface area contributed by atoms with Crippen LogP contribution in [0.5, 0.6) is 0 Å². The minimum Gasteiger partial charge on any atom is -0.391 e. The summed E-state index contributed by atoms with van der Waals surface area (Å²) < 4.78 is 23.9. The lowest BCUT2D eigenvalue weighted by Gasteiger charge is -2.40. The second kappa shape index (κ2) is 14.2. The summed E-state index contributed by atoms with van der Waals surface area (Å²) in [4.78, 5) is 32.8. The maximum Gasteiger partial charge on any atom is 0.249 e. The number of unbranched alkanes of at least 4 members (excludes halogenated alkanes) is 7. The van der Waals surface area contributed by atoms with Gasteiger partial charge in [-0.1, -0.05) is 76.5 Å². The van der Waals surface area contributed by atoms with Gasteiger partial charge in [-0.3, -0.25) is 19.5 Å². The number of amides is 2. The van der Waals surface area contributed by atoms with E-state index in [1.807, 2.05) is 12.1 Å². The number of hydrogen-bond donors (Lipinski definition) is 2. The summed E-state index contributed by atoms with van der Waals surface area (Å²) in [5, 5.41) is 13.0. The fourth-order valence-electron chi connectivity index (χ4n) is 5.58. The zero-order chi connectivity index (χ0) is 29.4. The normalized spacial score (nSPS) is 21.7. The van der Waals surface area contributed by atoms with Crippen LogP contribution >= 0.6 is 0 Å². The number of anilines is 1. The van der Waals surface area contributed by atoms with Crippen molar-refractivity contribution in [2.45, 2.75) is 94.3 Å². The Morgan fingerprint density at radius 1 is 0.927 bits per heavy atom. The van der Waals surface area contributed by atoms with Crippen molar-refractivity contribution < 1.29 is 23.1 Å². The number of carbonyl (C=O) groups is 2. The highest BCUT2D eigenvalue weighted by molar-refractivity contribution is 7.90. The van der Waals surface area contributed by atoms with E-state index in [1.165, 1.54) is 49.1 Å². The topological polar surface area (TPSA) is 120 Å². The maximum absolute atomic E-state index is 13.7. The highest BCUT2D eigenvalue weighted by atomic mass is 32.2. The molecule has 2 amide bonds. The molecule has 2 aliphatic heterocycles. The number of likely N-dealkylation sites (tertiary alicyclic amines) is 1. The van der Waals surface area contributed by atoms with E-state index in [1.54, 1.807) is 41.5 Å². The molecule has 2 aliphatic rings. The number of carbonyl (C=O) groups excluding carboxylic acids is 2. The molecule has 2 N–H and O–H groups in total. The minimum atomic E-state index is -3.37. The molecule has 1 saturated heterocycles. The molecule has 0 radical (unpaired) electrons. The van der Waals surface area contributed by atoms with Gasteiger partial charge < -0.3 is 10.5 Å². The number of aliphatic hydroxyl groups excluding tert-OH is 1.